The molecule has 4 unspecified atom stereocenters. The predicted molar refractivity (Wildman–Crippen MR) is 139 cm³/mol. The predicted octanol–water partition coefficient (Wildman–Crippen LogP) is 5.33. The number of hydrogen-bond acceptors (Lipinski definition) is 5. The maximum atomic E-state index is 13.3. The Morgan fingerprint density at radius 2 is 1.80 bits per heavy atom. The van der Waals surface area contributed by atoms with Gasteiger partial charge < -0.3 is 15.6 Å². The Morgan fingerprint density at radius 3 is 2.43 bits per heavy atom. The summed E-state index contributed by atoms with van der Waals surface area (Å²) >= 11 is 0. The van der Waals surface area contributed by atoms with Crippen LogP contribution in [0.4, 0.5) is 10.1 Å². The monoisotopic (exact) mass is 477 g/mol. The van der Waals surface area contributed by atoms with Gasteiger partial charge in [-0.2, -0.15) is 0 Å². The topological polar surface area (TPSA) is 79.9 Å². The van der Waals surface area contributed by atoms with Crippen molar-refractivity contribution >= 4 is 17.6 Å². The fraction of sp³-hybridized carbons (Fsp3) is 0.448. The number of benzene rings is 2. The second-order valence-electron chi connectivity index (χ2n) is 9.96. The number of rotatable bonds is 10. The number of aliphatic imine (C=N–C) groups is 1. The molecule has 0 heterocycles. The molecule has 0 bridgehead atoms. The number of aliphatic hydroxyl groups excluding tert-OH is 2. The molecule has 0 aliphatic heterocycles. The van der Waals surface area contributed by atoms with Gasteiger partial charge in [-0.25, -0.2) is 4.39 Å². The standard InChI is InChI=1S/C29H36FN3O2/c1-29-19-22(20-31)27(32-26-11-9-25(30)10-12-26)17-23(29)7-8-24(29)18-28(21-5-3-2-4-6-21)33(13-15-34)14-16-35/h2-6,9-12,17,20,22,24,28,31,34-35H,7-8,13-16,18-19H2,1H3. The summed E-state index contributed by atoms with van der Waals surface area (Å²) in [6.45, 7) is 3.46. The second-order valence-corrected chi connectivity index (χ2v) is 9.96. The maximum absolute atomic E-state index is 13.3. The van der Waals surface area contributed by atoms with Gasteiger partial charge in [0.05, 0.1) is 18.9 Å². The molecule has 2 aliphatic carbocycles. The number of hydrogen-bond donors (Lipinski definition) is 3. The lowest BCUT2D eigenvalue weighted by atomic mass is 9.65. The maximum Gasteiger partial charge on any atom is 0.123 e. The molecule has 35 heavy (non-hydrogen) atoms. The minimum atomic E-state index is -0.282. The zero-order valence-electron chi connectivity index (χ0n) is 20.4. The number of nitrogens with zero attached hydrogens (tertiary/aromatic N) is 2. The Morgan fingerprint density at radius 1 is 1.11 bits per heavy atom. The summed E-state index contributed by atoms with van der Waals surface area (Å²) in [5.41, 5.74) is 4.12. The number of aliphatic hydroxyl groups is 2. The quantitative estimate of drug-likeness (QED) is 0.405. The van der Waals surface area contributed by atoms with Crippen molar-refractivity contribution in [3.8, 4) is 0 Å². The van der Waals surface area contributed by atoms with Gasteiger partial charge in [0.2, 0.25) is 0 Å². The zero-order valence-corrected chi connectivity index (χ0v) is 20.4. The lowest BCUT2D eigenvalue weighted by molar-refractivity contribution is 0.0916. The van der Waals surface area contributed by atoms with Crippen LogP contribution < -0.4 is 0 Å². The van der Waals surface area contributed by atoms with Crippen LogP contribution in [-0.4, -0.2) is 53.3 Å². The summed E-state index contributed by atoms with van der Waals surface area (Å²) < 4.78 is 13.3. The largest absolute Gasteiger partial charge is 0.395 e. The third-order valence-electron chi connectivity index (χ3n) is 7.94. The highest BCUT2D eigenvalue weighted by molar-refractivity contribution is 6.07. The summed E-state index contributed by atoms with van der Waals surface area (Å²) in [4.78, 5) is 6.97. The summed E-state index contributed by atoms with van der Waals surface area (Å²) in [6.07, 6.45) is 7.48. The molecule has 0 spiro atoms. The van der Waals surface area contributed by atoms with E-state index in [-0.39, 0.29) is 36.4 Å². The normalized spacial score (nSPS) is 26.0. The van der Waals surface area contributed by atoms with Gasteiger partial charge in [-0.3, -0.25) is 9.89 Å². The third-order valence-corrected chi connectivity index (χ3v) is 7.94. The molecule has 4 rings (SSSR count). The average Bonchev–Trinajstić information content (AvgIpc) is 3.18. The van der Waals surface area contributed by atoms with Crippen molar-refractivity contribution in [2.24, 2.45) is 22.2 Å². The zero-order chi connectivity index (χ0) is 24.8. The van der Waals surface area contributed by atoms with Crippen molar-refractivity contribution in [1.82, 2.24) is 4.90 Å². The van der Waals surface area contributed by atoms with E-state index in [4.69, 9.17) is 10.4 Å². The SMILES string of the molecule is CC12CC(C=N)C(=Nc3ccc(F)cc3)C=C1CCC2CC(c1ccccc1)N(CCO)CCO. The van der Waals surface area contributed by atoms with E-state index >= 15 is 0 Å². The second kappa shape index (κ2) is 11.4. The van der Waals surface area contributed by atoms with Crippen LogP contribution in [0.1, 0.15) is 44.2 Å². The number of fused-ring (bicyclic) bond motifs is 1. The van der Waals surface area contributed by atoms with Crippen LogP contribution in [0.15, 0.2) is 71.2 Å². The average molecular weight is 478 g/mol. The van der Waals surface area contributed by atoms with Crippen LogP contribution in [0.5, 0.6) is 0 Å². The molecule has 0 amide bonds. The van der Waals surface area contributed by atoms with E-state index < -0.39 is 0 Å². The Kier molecular flexibility index (Phi) is 8.26. The third kappa shape index (κ3) is 5.61. The molecule has 2 aromatic rings. The molecule has 5 nitrogen and oxygen atoms in total. The minimum Gasteiger partial charge on any atom is -0.395 e. The van der Waals surface area contributed by atoms with Gasteiger partial charge in [0.15, 0.2) is 0 Å². The highest BCUT2D eigenvalue weighted by Gasteiger charge is 2.47. The molecule has 0 radical (unpaired) electrons. The van der Waals surface area contributed by atoms with Crippen LogP contribution >= 0.6 is 0 Å². The lowest BCUT2D eigenvalue weighted by Crippen LogP contribution is -2.39. The number of allylic oxidation sites excluding steroid dienone is 2. The number of nitrogens with one attached hydrogen (secondary N) is 1. The van der Waals surface area contributed by atoms with Crippen molar-refractivity contribution in [3.63, 3.8) is 0 Å². The van der Waals surface area contributed by atoms with E-state index in [1.807, 2.05) is 18.2 Å². The fourth-order valence-electron chi connectivity index (χ4n) is 6.00. The molecule has 2 aliphatic rings. The number of halogens is 1. The van der Waals surface area contributed by atoms with Crippen LogP contribution in [0.2, 0.25) is 0 Å². The van der Waals surface area contributed by atoms with Crippen molar-refractivity contribution in [2.75, 3.05) is 26.3 Å². The van der Waals surface area contributed by atoms with Gasteiger partial charge >= 0.3 is 0 Å². The lowest BCUT2D eigenvalue weighted by Gasteiger charge is -2.42. The van der Waals surface area contributed by atoms with E-state index in [0.717, 1.165) is 31.4 Å². The van der Waals surface area contributed by atoms with Crippen LogP contribution in [0, 0.1) is 28.5 Å². The summed E-state index contributed by atoms with van der Waals surface area (Å²) in [5, 5.41) is 27.5. The van der Waals surface area contributed by atoms with E-state index in [1.54, 1.807) is 12.1 Å². The summed E-state index contributed by atoms with van der Waals surface area (Å²) in [5.74, 6) is 0.0411. The van der Waals surface area contributed by atoms with Crippen LogP contribution in [0.25, 0.3) is 0 Å². The van der Waals surface area contributed by atoms with Crippen molar-refractivity contribution in [2.45, 2.75) is 38.6 Å². The first-order chi connectivity index (χ1) is 17.0. The van der Waals surface area contributed by atoms with Crippen LogP contribution in [-0.2, 0) is 0 Å². The molecule has 6 heteroatoms. The van der Waals surface area contributed by atoms with Crippen molar-refractivity contribution in [3.05, 3.63) is 77.6 Å². The van der Waals surface area contributed by atoms with Crippen LogP contribution in [0.3, 0.4) is 0 Å². The Hall–Kier alpha value is -2.67. The fourth-order valence-corrected chi connectivity index (χ4v) is 6.00. The molecular weight excluding hydrogens is 441 g/mol. The minimum absolute atomic E-state index is 0.0405. The molecular formula is C29H36FN3O2. The summed E-state index contributed by atoms with van der Waals surface area (Å²) in [7, 11) is 0. The van der Waals surface area contributed by atoms with Crippen molar-refractivity contribution < 1.29 is 14.6 Å². The Labute approximate surface area is 207 Å². The highest BCUT2D eigenvalue weighted by atomic mass is 19.1. The molecule has 1 saturated carbocycles. The van der Waals surface area contributed by atoms with Gasteiger partial charge in [0, 0.05) is 37.0 Å². The molecule has 3 N–H and O–H groups in total. The first-order valence-electron chi connectivity index (χ1n) is 12.5. The van der Waals surface area contributed by atoms with Gasteiger partial charge in [0.25, 0.3) is 0 Å². The van der Waals surface area contributed by atoms with E-state index in [9.17, 15) is 14.6 Å². The first-order valence-corrected chi connectivity index (χ1v) is 12.5. The summed E-state index contributed by atoms with van der Waals surface area (Å²) in [6, 6.07) is 16.7. The molecule has 186 valence electrons. The van der Waals surface area contributed by atoms with Gasteiger partial charge in [-0.05, 0) is 72.9 Å². The molecule has 0 aromatic heterocycles. The van der Waals surface area contributed by atoms with E-state index in [0.29, 0.717) is 24.7 Å². The van der Waals surface area contributed by atoms with Gasteiger partial charge in [-0.15, -0.1) is 0 Å². The van der Waals surface area contributed by atoms with E-state index in [2.05, 4.69) is 30.0 Å². The first kappa shape index (κ1) is 25.4. The highest BCUT2D eigenvalue weighted by Crippen LogP contribution is 2.56. The Bertz CT molecular complexity index is 1050. The van der Waals surface area contributed by atoms with Crippen molar-refractivity contribution in [1.29, 1.82) is 5.41 Å². The van der Waals surface area contributed by atoms with Gasteiger partial charge in [0.1, 0.15) is 5.82 Å². The molecule has 0 saturated heterocycles. The van der Waals surface area contributed by atoms with Gasteiger partial charge in [-0.1, -0.05) is 42.8 Å². The molecule has 1 fully saturated rings. The smallest absolute Gasteiger partial charge is 0.123 e. The molecule has 4 atom stereocenters. The van der Waals surface area contributed by atoms with E-state index in [1.165, 1.54) is 29.5 Å². The molecule has 2 aromatic carbocycles. The Balaban J connectivity index is 1.63.